The molecule has 0 N–H and O–H groups in total. The summed E-state index contributed by atoms with van der Waals surface area (Å²) >= 11 is 0. The van der Waals surface area contributed by atoms with E-state index in [1.165, 1.54) is 17.0 Å². The lowest BCUT2D eigenvalue weighted by atomic mass is 9.84. The fourth-order valence-corrected chi connectivity index (χ4v) is 4.71. The molecule has 1 fully saturated rings. The first-order valence-corrected chi connectivity index (χ1v) is 11.2. The predicted octanol–water partition coefficient (Wildman–Crippen LogP) is 4.28. The molecule has 0 bridgehead atoms. The second-order valence-electron chi connectivity index (χ2n) is 8.72. The Morgan fingerprint density at radius 2 is 2.09 bits per heavy atom. The van der Waals surface area contributed by atoms with Gasteiger partial charge in [0, 0.05) is 31.1 Å². The second-order valence-corrected chi connectivity index (χ2v) is 8.72. The Kier molecular flexibility index (Phi) is 5.88. The minimum absolute atomic E-state index is 0.0222. The van der Waals surface area contributed by atoms with Gasteiger partial charge in [-0.2, -0.15) is 13.2 Å². The number of aromatic nitrogens is 4. The number of hydrogen-bond acceptors (Lipinski definition) is 6. The van der Waals surface area contributed by atoms with Crippen molar-refractivity contribution in [3.8, 4) is 11.6 Å². The van der Waals surface area contributed by atoms with Crippen LogP contribution in [0.15, 0.2) is 34.9 Å². The third kappa shape index (κ3) is 4.31. The maximum atomic E-state index is 13.1. The first-order chi connectivity index (χ1) is 16.3. The summed E-state index contributed by atoms with van der Waals surface area (Å²) in [7, 11) is 1.63. The van der Waals surface area contributed by atoms with Crippen LogP contribution in [0.4, 0.5) is 13.2 Å². The Labute approximate surface area is 193 Å². The molecule has 3 heterocycles. The van der Waals surface area contributed by atoms with Gasteiger partial charge in [0.1, 0.15) is 18.1 Å². The summed E-state index contributed by atoms with van der Waals surface area (Å²) in [4.78, 5) is 18.8. The zero-order valence-corrected chi connectivity index (χ0v) is 18.6. The Bertz CT molecular complexity index is 1190. The van der Waals surface area contributed by atoms with Gasteiger partial charge in [-0.25, -0.2) is 4.98 Å². The lowest BCUT2D eigenvalue weighted by Gasteiger charge is -2.34. The number of halogens is 3. The molecule has 2 atom stereocenters. The zero-order chi connectivity index (χ0) is 23.9. The average molecular weight is 475 g/mol. The molecule has 5 rings (SSSR count). The minimum Gasteiger partial charge on any atom is -0.419 e. The molecule has 1 amide bonds. The third-order valence-corrected chi connectivity index (χ3v) is 6.59. The topological polar surface area (TPSA) is 86.3 Å². The number of fused-ring (bicyclic) bond motifs is 1. The minimum atomic E-state index is -4.50. The van der Waals surface area contributed by atoms with Gasteiger partial charge < -0.3 is 18.6 Å². The van der Waals surface area contributed by atoms with E-state index >= 15 is 0 Å². The highest BCUT2D eigenvalue weighted by Crippen LogP contribution is 2.36. The Hall–Kier alpha value is -3.21. The largest absolute Gasteiger partial charge is 0.419 e. The van der Waals surface area contributed by atoms with Crippen molar-refractivity contribution in [1.29, 1.82) is 0 Å². The predicted molar refractivity (Wildman–Crippen MR) is 114 cm³/mol. The molecule has 8 nitrogen and oxygen atoms in total. The molecule has 11 heteroatoms. The summed E-state index contributed by atoms with van der Waals surface area (Å²) in [6, 6.07) is 4.40. The van der Waals surface area contributed by atoms with Gasteiger partial charge in [0.2, 0.25) is 5.89 Å². The van der Waals surface area contributed by atoms with E-state index in [2.05, 4.69) is 15.2 Å². The van der Waals surface area contributed by atoms with Gasteiger partial charge in [0.25, 0.3) is 11.8 Å². The highest BCUT2D eigenvalue weighted by molar-refractivity contribution is 5.94. The zero-order valence-electron chi connectivity index (χ0n) is 18.6. The standard InChI is InChI=1S/C23H24F3N5O3/c1-30(22(32)15-5-2-6-16(10-15)23(24,25)26)17-7-3-4-14(11-17)20-28-29-21(34-20)18-12-27-19-13-33-9-8-31(18)19/h2,5-6,10,12,14,17H,3-4,7-9,11,13H2,1H3/t14-,17+/m0/s1. The molecule has 1 aliphatic carbocycles. The van der Waals surface area contributed by atoms with E-state index in [1.54, 1.807) is 13.2 Å². The molecule has 2 aromatic heterocycles. The molecule has 0 spiro atoms. The van der Waals surface area contributed by atoms with Gasteiger partial charge in [0.05, 0.1) is 18.4 Å². The van der Waals surface area contributed by atoms with Crippen LogP contribution in [0.2, 0.25) is 0 Å². The molecule has 0 unspecified atom stereocenters. The van der Waals surface area contributed by atoms with Crippen molar-refractivity contribution in [1.82, 2.24) is 24.6 Å². The number of ether oxygens (including phenoxy) is 1. The van der Waals surface area contributed by atoms with Gasteiger partial charge in [-0.15, -0.1) is 10.2 Å². The maximum Gasteiger partial charge on any atom is 0.416 e. The quantitative estimate of drug-likeness (QED) is 0.560. The van der Waals surface area contributed by atoms with Crippen LogP contribution >= 0.6 is 0 Å². The van der Waals surface area contributed by atoms with Crippen LogP contribution in [-0.2, 0) is 24.1 Å². The number of rotatable bonds is 4. The number of imidazole rings is 1. The monoisotopic (exact) mass is 475 g/mol. The molecular formula is C23H24F3N5O3. The summed E-state index contributed by atoms with van der Waals surface area (Å²) in [5.74, 6) is 1.24. The SMILES string of the molecule is CN(C(=O)c1cccc(C(F)(F)F)c1)[C@@H]1CCC[C@H](c2nnc(-c3cnc4n3CCOC4)o2)C1. The van der Waals surface area contributed by atoms with Crippen LogP contribution in [0.3, 0.4) is 0 Å². The van der Waals surface area contributed by atoms with Gasteiger partial charge in [-0.05, 0) is 37.5 Å². The number of amides is 1. The van der Waals surface area contributed by atoms with Crippen molar-refractivity contribution in [2.75, 3.05) is 13.7 Å². The van der Waals surface area contributed by atoms with Gasteiger partial charge in [0.15, 0.2) is 0 Å². The second kappa shape index (κ2) is 8.86. The van der Waals surface area contributed by atoms with Crippen LogP contribution in [0, 0.1) is 0 Å². The van der Waals surface area contributed by atoms with Crippen molar-refractivity contribution in [2.45, 2.75) is 57.0 Å². The number of carbonyl (C=O) groups excluding carboxylic acids is 1. The van der Waals surface area contributed by atoms with E-state index in [1.807, 2.05) is 4.57 Å². The number of nitrogens with zero attached hydrogens (tertiary/aromatic N) is 5. The van der Waals surface area contributed by atoms with E-state index < -0.39 is 17.6 Å². The molecular weight excluding hydrogens is 451 g/mol. The van der Waals surface area contributed by atoms with Crippen LogP contribution in [0.5, 0.6) is 0 Å². The Morgan fingerprint density at radius 3 is 2.91 bits per heavy atom. The lowest BCUT2D eigenvalue weighted by Crippen LogP contribution is -2.40. The number of hydrogen-bond donors (Lipinski definition) is 0. The number of carbonyl (C=O) groups is 1. The molecule has 0 saturated heterocycles. The molecule has 0 radical (unpaired) electrons. The molecule has 1 aliphatic heterocycles. The van der Waals surface area contributed by atoms with E-state index in [4.69, 9.17) is 9.15 Å². The van der Waals surface area contributed by atoms with E-state index in [-0.39, 0.29) is 17.5 Å². The summed E-state index contributed by atoms with van der Waals surface area (Å²) in [6.45, 7) is 1.70. The summed E-state index contributed by atoms with van der Waals surface area (Å²) in [5.41, 5.74) is -0.0597. The fourth-order valence-electron chi connectivity index (χ4n) is 4.71. The van der Waals surface area contributed by atoms with Gasteiger partial charge >= 0.3 is 6.18 Å². The molecule has 34 heavy (non-hydrogen) atoms. The smallest absolute Gasteiger partial charge is 0.416 e. The summed E-state index contributed by atoms with van der Waals surface area (Å²) in [5, 5.41) is 8.48. The fraction of sp³-hybridized carbons (Fsp3) is 0.478. The van der Waals surface area contributed by atoms with E-state index in [0.717, 1.165) is 42.9 Å². The Morgan fingerprint density at radius 1 is 1.24 bits per heavy atom. The van der Waals surface area contributed by atoms with Crippen LogP contribution < -0.4 is 0 Å². The van der Waals surface area contributed by atoms with Crippen molar-refractivity contribution < 1.29 is 27.1 Å². The lowest BCUT2D eigenvalue weighted by molar-refractivity contribution is -0.137. The third-order valence-electron chi connectivity index (χ3n) is 6.59. The van der Waals surface area contributed by atoms with Crippen LogP contribution in [0.25, 0.3) is 11.6 Å². The molecule has 1 saturated carbocycles. The molecule has 3 aromatic rings. The number of alkyl halides is 3. The van der Waals surface area contributed by atoms with Crippen molar-refractivity contribution in [3.63, 3.8) is 0 Å². The molecule has 180 valence electrons. The first kappa shape index (κ1) is 22.6. The van der Waals surface area contributed by atoms with Gasteiger partial charge in [-0.1, -0.05) is 12.5 Å². The van der Waals surface area contributed by atoms with E-state index in [9.17, 15) is 18.0 Å². The summed E-state index contributed by atoms with van der Waals surface area (Å²) in [6.07, 6.45) is 0.236. The molecule has 2 aliphatic rings. The average Bonchev–Trinajstić information content (AvgIpc) is 3.50. The normalized spacial score (nSPS) is 20.7. The Balaban J connectivity index is 1.30. The van der Waals surface area contributed by atoms with Gasteiger partial charge in [-0.3, -0.25) is 4.79 Å². The van der Waals surface area contributed by atoms with E-state index in [0.29, 0.717) is 38.0 Å². The summed E-state index contributed by atoms with van der Waals surface area (Å²) < 4.78 is 52.6. The van der Waals surface area contributed by atoms with Crippen LogP contribution in [-0.4, -0.2) is 50.3 Å². The highest BCUT2D eigenvalue weighted by Gasteiger charge is 2.34. The maximum absolute atomic E-state index is 13.1. The first-order valence-electron chi connectivity index (χ1n) is 11.2. The highest BCUT2D eigenvalue weighted by atomic mass is 19.4. The van der Waals surface area contributed by atoms with Crippen LogP contribution in [0.1, 0.15) is 59.2 Å². The molecule has 1 aromatic carbocycles. The van der Waals surface area contributed by atoms with Crippen molar-refractivity contribution >= 4 is 5.91 Å². The van der Waals surface area contributed by atoms with Crippen molar-refractivity contribution in [2.24, 2.45) is 0 Å². The number of benzene rings is 1. The van der Waals surface area contributed by atoms with Crippen molar-refractivity contribution in [3.05, 3.63) is 53.3 Å².